The van der Waals surface area contributed by atoms with Crippen LogP contribution in [0.5, 0.6) is 0 Å². The topological polar surface area (TPSA) is 16.4 Å². The molecule has 0 radical (unpaired) electrons. The van der Waals surface area contributed by atoms with E-state index in [4.69, 9.17) is 4.42 Å². The maximum atomic E-state index is 6.45. The predicted molar refractivity (Wildman–Crippen MR) is 237 cm³/mol. The fraction of sp³-hybridized carbons (Fsp3) is 0. The molecule has 0 spiro atoms. The molecule has 1 heterocycles. The highest BCUT2D eigenvalue weighted by molar-refractivity contribution is 6.22. The van der Waals surface area contributed by atoms with Crippen LogP contribution in [0.1, 0.15) is 0 Å². The van der Waals surface area contributed by atoms with Gasteiger partial charge in [-0.2, -0.15) is 0 Å². The molecule has 2 heteroatoms. The van der Waals surface area contributed by atoms with Crippen LogP contribution in [0, 0.1) is 0 Å². The zero-order valence-electron chi connectivity index (χ0n) is 30.6. The van der Waals surface area contributed by atoms with Crippen LogP contribution in [0.15, 0.2) is 217 Å². The highest BCUT2D eigenvalue weighted by Gasteiger charge is 2.22. The van der Waals surface area contributed by atoms with E-state index in [9.17, 15) is 0 Å². The second kappa shape index (κ2) is 13.2. The first kappa shape index (κ1) is 32.0. The van der Waals surface area contributed by atoms with Gasteiger partial charge >= 0.3 is 0 Å². The second-order valence-corrected chi connectivity index (χ2v) is 14.4. The summed E-state index contributed by atoms with van der Waals surface area (Å²) in [6, 6.07) is 76.5. The fourth-order valence-corrected chi connectivity index (χ4v) is 8.78. The number of para-hydroxylation sites is 1. The Bertz CT molecular complexity index is 3240. The molecule has 0 aliphatic rings. The Morgan fingerprint density at radius 2 is 0.875 bits per heavy atom. The summed E-state index contributed by atoms with van der Waals surface area (Å²) in [5.41, 5.74) is 12.2. The SMILES string of the molecule is c1ccc(-c2c(-c3cccc(N(c4ccc(-c5cccc6ccccc56)cc4)c4cccc5oc6ccccc6c45)c3)c3ccccc3c3ccccc23)cc1. The van der Waals surface area contributed by atoms with Gasteiger partial charge in [0.2, 0.25) is 0 Å². The Balaban J connectivity index is 1.16. The minimum absolute atomic E-state index is 0.865. The van der Waals surface area contributed by atoms with E-state index in [-0.39, 0.29) is 0 Å². The second-order valence-electron chi connectivity index (χ2n) is 14.4. The fourth-order valence-electron chi connectivity index (χ4n) is 8.78. The molecule has 0 amide bonds. The van der Waals surface area contributed by atoms with E-state index in [2.05, 4.69) is 211 Å². The number of hydrogen-bond donors (Lipinski definition) is 0. The van der Waals surface area contributed by atoms with Crippen molar-refractivity contribution in [3.63, 3.8) is 0 Å². The average Bonchev–Trinajstić information content (AvgIpc) is 3.66. The van der Waals surface area contributed by atoms with Gasteiger partial charge in [0.1, 0.15) is 11.2 Å². The molecule has 11 aromatic rings. The molecular weight excluding hydrogens is 679 g/mol. The zero-order valence-corrected chi connectivity index (χ0v) is 30.6. The van der Waals surface area contributed by atoms with Crippen molar-refractivity contribution in [2.45, 2.75) is 0 Å². The van der Waals surface area contributed by atoms with Gasteiger partial charge in [0.05, 0.1) is 11.1 Å². The summed E-state index contributed by atoms with van der Waals surface area (Å²) in [6.45, 7) is 0. The molecular formula is C54H35NO. The molecule has 56 heavy (non-hydrogen) atoms. The highest BCUT2D eigenvalue weighted by atomic mass is 16.3. The molecule has 2 nitrogen and oxygen atoms in total. The van der Waals surface area contributed by atoms with Gasteiger partial charge in [0.25, 0.3) is 0 Å². The lowest BCUT2D eigenvalue weighted by Crippen LogP contribution is -2.10. The zero-order chi connectivity index (χ0) is 37.0. The summed E-state index contributed by atoms with van der Waals surface area (Å²) < 4.78 is 6.45. The lowest BCUT2D eigenvalue weighted by atomic mass is 9.85. The summed E-state index contributed by atoms with van der Waals surface area (Å²) in [7, 11) is 0. The quantitative estimate of drug-likeness (QED) is 0.160. The Morgan fingerprint density at radius 3 is 1.64 bits per heavy atom. The minimum Gasteiger partial charge on any atom is -0.456 e. The number of benzene rings is 10. The molecule has 0 saturated carbocycles. The molecule has 10 aromatic carbocycles. The van der Waals surface area contributed by atoms with Gasteiger partial charge in [0.15, 0.2) is 0 Å². The van der Waals surface area contributed by atoms with Gasteiger partial charge in [-0.15, -0.1) is 0 Å². The van der Waals surface area contributed by atoms with Gasteiger partial charge in [-0.25, -0.2) is 0 Å². The number of rotatable bonds is 6. The molecule has 11 rings (SSSR count). The lowest BCUT2D eigenvalue weighted by Gasteiger charge is -2.27. The van der Waals surface area contributed by atoms with Gasteiger partial charge in [-0.05, 0) is 108 Å². The van der Waals surface area contributed by atoms with Gasteiger partial charge in [-0.1, -0.05) is 170 Å². The molecule has 1 aromatic heterocycles. The maximum Gasteiger partial charge on any atom is 0.137 e. The Kier molecular flexibility index (Phi) is 7.53. The van der Waals surface area contributed by atoms with Crippen molar-refractivity contribution in [2.24, 2.45) is 0 Å². The number of fused-ring (bicyclic) bond motifs is 7. The summed E-state index contributed by atoms with van der Waals surface area (Å²) in [5, 5.41) is 9.66. The van der Waals surface area contributed by atoms with E-state index >= 15 is 0 Å². The van der Waals surface area contributed by atoms with Crippen molar-refractivity contribution >= 4 is 71.3 Å². The first-order valence-electron chi connectivity index (χ1n) is 19.2. The number of hydrogen-bond acceptors (Lipinski definition) is 2. The first-order valence-corrected chi connectivity index (χ1v) is 19.2. The van der Waals surface area contributed by atoms with Gasteiger partial charge in [0, 0.05) is 16.8 Å². The molecule has 0 aliphatic carbocycles. The summed E-state index contributed by atoms with van der Waals surface area (Å²) in [5.74, 6) is 0. The standard InChI is InChI=1S/C54H35NO/c1-2-16-38(17-3-1)52-46-24-8-6-22-44(46)45-23-7-9-25-47(45)53(52)39-19-12-20-41(35-39)55(49-28-14-30-51-54(49)48-26-10-11-29-50(48)56-51)40-33-31-37(32-34-40)43-27-13-18-36-15-4-5-21-42(36)43/h1-35H. The van der Waals surface area contributed by atoms with Crippen LogP contribution >= 0.6 is 0 Å². The molecule has 0 saturated heterocycles. The third-order valence-corrected chi connectivity index (χ3v) is 11.2. The lowest BCUT2D eigenvalue weighted by molar-refractivity contribution is 0.669. The monoisotopic (exact) mass is 713 g/mol. The predicted octanol–water partition coefficient (Wildman–Crippen LogP) is 15.5. The molecule has 0 fully saturated rings. The van der Waals surface area contributed by atoms with Gasteiger partial charge < -0.3 is 9.32 Å². The molecule has 262 valence electrons. The van der Waals surface area contributed by atoms with Crippen molar-refractivity contribution in [3.8, 4) is 33.4 Å². The molecule has 0 aliphatic heterocycles. The van der Waals surface area contributed by atoms with Crippen molar-refractivity contribution < 1.29 is 4.42 Å². The van der Waals surface area contributed by atoms with Crippen LogP contribution in [0.25, 0.3) is 87.6 Å². The Morgan fingerprint density at radius 1 is 0.321 bits per heavy atom. The third-order valence-electron chi connectivity index (χ3n) is 11.2. The third kappa shape index (κ3) is 5.19. The van der Waals surface area contributed by atoms with E-state index < -0.39 is 0 Å². The minimum atomic E-state index is 0.865. The molecule has 0 unspecified atom stereocenters. The largest absolute Gasteiger partial charge is 0.456 e. The smallest absolute Gasteiger partial charge is 0.137 e. The van der Waals surface area contributed by atoms with Crippen LogP contribution in [-0.4, -0.2) is 0 Å². The highest BCUT2D eigenvalue weighted by Crippen LogP contribution is 2.48. The van der Waals surface area contributed by atoms with Crippen molar-refractivity contribution in [1.29, 1.82) is 0 Å². The van der Waals surface area contributed by atoms with Crippen LogP contribution in [0.3, 0.4) is 0 Å². The van der Waals surface area contributed by atoms with Crippen molar-refractivity contribution in [1.82, 2.24) is 0 Å². The van der Waals surface area contributed by atoms with Crippen LogP contribution in [0.4, 0.5) is 17.1 Å². The van der Waals surface area contributed by atoms with E-state index in [0.29, 0.717) is 0 Å². The van der Waals surface area contributed by atoms with Crippen molar-refractivity contribution in [2.75, 3.05) is 4.90 Å². The summed E-state index contributed by atoms with van der Waals surface area (Å²) >= 11 is 0. The van der Waals surface area contributed by atoms with E-state index in [0.717, 1.165) is 44.6 Å². The maximum absolute atomic E-state index is 6.45. The van der Waals surface area contributed by atoms with E-state index in [1.54, 1.807) is 0 Å². The molecule has 0 bridgehead atoms. The Labute approximate surface area is 325 Å². The van der Waals surface area contributed by atoms with Crippen LogP contribution < -0.4 is 4.90 Å². The molecule has 0 atom stereocenters. The number of nitrogens with zero attached hydrogens (tertiary/aromatic N) is 1. The number of furan rings is 1. The summed E-state index contributed by atoms with van der Waals surface area (Å²) in [4.78, 5) is 2.39. The van der Waals surface area contributed by atoms with E-state index in [1.165, 1.54) is 60.1 Å². The first-order chi connectivity index (χ1) is 27.8. The van der Waals surface area contributed by atoms with E-state index in [1.807, 2.05) is 6.07 Å². The number of anilines is 3. The average molecular weight is 714 g/mol. The molecule has 0 N–H and O–H groups in total. The van der Waals surface area contributed by atoms with Gasteiger partial charge in [-0.3, -0.25) is 0 Å². The Hall–Kier alpha value is -7.42. The van der Waals surface area contributed by atoms with Crippen molar-refractivity contribution in [3.05, 3.63) is 212 Å². The van der Waals surface area contributed by atoms with Crippen LogP contribution in [-0.2, 0) is 0 Å². The summed E-state index contributed by atoms with van der Waals surface area (Å²) in [6.07, 6.45) is 0. The van der Waals surface area contributed by atoms with Crippen LogP contribution in [0.2, 0.25) is 0 Å². The normalized spacial score (nSPS) is 11.6.